The van der Waals surface area contributed by atoms with E-state index >= 15 is 0 Å². The highest BCUT2D eigenvalue weighted by atomic mass is 32.2. The van der Waals surface area contributed by atoms with Gasteiger partial charge in [-0.2, -0.15) is 5.10 Å². The molecular formula is C13H17FN4O2S. The highest BCUT2D eigenvalue weighted by Crippen LogP contribution is 2.17. The zero-order chi connectivity index (χ0) is 15.3. The number of halogens is 1. The van der Waals surface area contributed by atoms with E-state index in [1.54, 1.807) is 30.2 Å². The van der Waals surface area contributed by atoms with Crippen molar-refractivity contribution < 1.29 is 12.8 Å². The van der Waals surface area contributed by atoms with Crippen molar-refractivity contribution >= 4 is 10.0 Å². The molecule has 2 aromatic rings. The van der Waals surface area contributed by atoms with Gasteiger partial charge in [-0.05, 0) is 30.8 Å². The van der Waals surface area contributed by atoms with E-state index in [0.29, 0.717) is 18.7 Å². The third-order valence-electron chi connectivity index (χ3n) is 2.88. The van der Waals surface area contributed by atoms with Crippen LogP contribution in [0.1, 0.15) is 5.56 Å². The Balaban J connectivity index is 2.12. The lowest BCUT2D eigenvalue weighted by molar-refractivity contribution is 0.557. The second-order valence-electron chi connectivity index (χ2n) is 4.45. The zero-order valence-electron chi connectivity index (χ0n) is 11.6. The van der Waals surface area contributed by atoms with E-state index in [2.05, 4.69) is 15.1 Å². The summed E-state index contributed by atoms with van der Waals surface area (Å²) in [5.74, 6) is -0.581. The van der Waals surface area contributed by atoms with Crippen molar-refractivity contribution in [3.8, 4) is 0 Å². The summed E-state index contributed by atoms with van der Waals surface area (Å²) >= 11 is 0. The molecule has 0 aliphatic carbocycles. The van der Waals surface area contributed by atoms with Gasteiger partial charge in [0.05, 0.1) is 11.4 Å². The van der Waals surface area contributed by atoms with Crippen LogP contribution in [-0.2, 0) is 23.1 Å². The maximum absolute atomic E-state index is 13.3. The molecule has 1 heterocycles. The monoisotopic (exact) mass is 312 g/mol. The van der Waals surface area contributed by atoms with Gasteiger partial charge in [0.15, 0.2) is 0 Å². The third kappa shape index (κ3) is 4.10. The molecule has 2 rings (SSSR count). The number of hydrogen-bond donors (Lipinski definition) is 2. The van der Waals surface area contributed by atoms with Gasteiger partial charge < -0.3 is 5.32 Å². The first kappa shape index (κ1) is 15.6. The molecule has 1 aromatic heterocycles. The molecule has 0 radical (unpaired) electrons. The van der Waals surface area contributed by atoms with E-state index in [9.17, 15) is 12.8 Å². The average molecular weight is 312 g/mol. The van der Waals surface area contributed by atoms with Crippen LogP contribution in [0.25, 0.3) is 0 Å². The molecular weight excluding hydrogens is 295 g/mol. The van der Waals surface area contributed by atoms with Crippen LogP contribution in [0.5, 0.6) is 0 Å². The Bertz CT molecular complexity index is 686. The normalized spacial score (nSPS) is 11.7. The number of aromatic nitrogens is 2. The van der Waals surface area contributed by atoms with E-state index in [-0.39, 0.29) is 11.4 Å². The molecule has 0 unspecified atom stereocenters. The highest BCUT2D eigenvalue weighted by Gasteiger charge is 2.18. The van der Waals surface area contributed by atoms with Gasteiger partial charge >= 0.3 is 0 Å². The lowest BCUT2D eigenvalue weighted by Crippen LogP contribution is -2.29. The number of nitrogens with one attached hydrogen (secondary N) is 2. The largest absolute Gasteiger partial charge is 0.316 e. The number of benzene rings is 1. The smallest absolute Gasteiger partial charge is 0.241 e. The Kier molecular flexibility index (Phi) is 5.05. The fraction of sp³-hybridized carbons (Fsp3) is 0.308. The maximum Gasteiger partial charge on any atom is 0.241 e. The first-order chi connectivity index (χ1) is 10.0. The van der Waals surface area contributed by atoms with Crippen molar-refractivity contribution in [3.05, 3.63) is 48.0 Å². The lowest BCUT2D eigenvalue weighted by atomic mass is 10.2. The van der Waals surface area contributed by atoms with Gasteiger partial charge in [0.1, 0.15) is 5.82 Å². The predicted molar refractivity (Wildman–Crippen MR) is 76.6 cm³/mol. The number of sulfonamides is 1. The summed E-state index contributed by atoms with van der Waals surface area (Å²) < 4.78 is 42.0. The van der Waals surface area contributed by atoms with Crippen molar-refractivity contribution in [1.82, 2.24) is 19.8 Å². The Morgan fingerprint density at radius 1 is 1.38 bits per heavy atom. The van der Waals surface area contributed by atoms with Gasteiger partial charge in [0.25, 0.3) is 0 Å². The molecule has 21 heavy (non-hydrogen) atoms. The van der Waals surface area contributed by atoms with Gasteiger partial charge in [-0.3, -0.25) is 4.68 Å². The third-order valence-corrected chi connectivity index (χ3v) is 4.42. The Morgan fingerprint density at radius 2 is 2.19 bits per heavy atom. The first-order valence-electron chi connectivity index (χ1n) is 6.43. The Hall–Kier alpha value is -1.77. The van der Waals surface area contributed by atoms with E-state index in [1.807, 2.05) is 0 Å². The average Bonchev–Trinajstić information content (AvgIpc) is 2.94. The molecule has 1 aromatic carbocycles. The topological polar surface area (TPSA) is 76.0 Å². The number of rotatable bonds is 7. The second kappa shape index (κ2) is 6.79. The summed E-state index contributed by atoms with van der Waals surface area (Å²) in [6, 6.07) is 5.50. The summed E-state index contributed by atoms with van der Waals surface area (Å²) in [5, 5.41) is 6.85. The molecule has 2 N–H and O–H groups in total. The molecule has 0 aliphatic heterocycles. The minimum Gasteiger partial charge on any atom is -0.316 e. The summed E-state index contributed by atoms with van der Waals surface area (Å²) in [5.41, 5.74) is 0.519. The van der Waals surface area contributed by atoms with Gasteiger partial charge in [0.2, 0.25) is 10.0 Å². The molecule has 6 nitrogen and oxygen atoms in total. The summed E-state index contributed by atoms with van der Waals surface area (Å²) in [7, 11) is -2.06. The minimum absolute atomic E-state index is 0.0442. The van der Waals surface area contributed by atoms with Crippen LogP contribution >= 0.6 is 0 Å². The van der Waals surface area contributed by atoms with Gasteiger partial charge in [0, 0.05) is 25.5 Å². The summed E-state index contributed by atoms with van der Waals surface area (Å²) in [6.07, 6.45) is 3.36. The van der Waals surface area contributed by atoms with Gasteiger partial charge in [-0.25, -0.2) is 17.5 Å². The minimum atomic E-state index is -3.76. The molecule has 0 spiro atoms. The van der Waals surface area contributed by atoms with Crippen LogP contribution in [-0.4, -0.2) is 31.8 Å². The quantitative estimate of drug-likeness (QED) is 0.790. The molecule has 0 bridgehead atoms. The summed E-state index contributed by atoms with van der Waals surface area (Å²) in [4.78, 5) is -0.0442. The van der Waals surface area contributed by atoms with E-state index < -0.39 is 15.8 Å². The zero-order valence-corrected chi connectivity index (χ0v) is 12.4. The van der Waals surface area contributed by atoms with E-state index in [4.69, 9.17) is 0 Å². The summed E-state index contributed by atoms with van der Waals surface area (Å²) in [6.45, 7) is 0.929. The van der Waals surface area contributed by atoms with Gasteiger partial charge in [-0.1, -0.05) is 6.07 Å². The van der Waals surface area contributed by atoms with Crippen LogP contribution in [0, 0.1) is 5.82 Å². The van der Waals surface area contributed by atoms with E-state index in [0.717, 1.165) is 6.07 Å². The Labute approximate surface area is 123 Å². The maximum atomic E-state index is 13.3. The van der Waals surface area contributed by atoms with Crippen LogP contribution in [0.2, 0.25) is 0 Å². The van der Waals surface area contributed by atoms with Crippen molar-refractivity contribution in [3.63, 3.8) is 0 Å². The van der Waals surface area contributed by atoms with Crippen molar-refractivity contribution in [2.45, 2.75) is 18.0 Å². The molecule has 114 valence electrons. The molecule has 0 saturated heterocycles. The fourth-order valence-electron chi connectivity index (χ4n) is 1.92. The van der Waals surface area contributed by atoms with Crippen LogP contribution in [0.15, 0.2) is 41.6 Å². The van der Waals surface area contributed by atoms with Crippen molar-refractivity contribution in [2.75, 3.05) is 13.6 Å². The number of hydrogen-bond acceptors (Lipinski definition) is 4. The standard InChI is InChI=1S/C13H17FN4O2S/c1-15-10-11-3-4-12(14)9-13(11)21(19,20)17-6-8-18-7-2-5-16-18/h2-5,7,9,15,17H,6,8,10H2,1H3. The van der Waals surface area contributed by atoms with Crippen LogP contribution in [0.4, 0.5) is 4.39 Å². The molecule has 0 atom stereocenters. The first-order valence-corrected chi connectivity index (χ1v) is 7.91. The van der Waals surface area contributed by atoms with Crippen molar-refractivity contribution in [2.24, 2.45) is 0 Å². The molecule has 0 fully saturated rings. The lowest BCUT2D eigenvalue weighted by Gasteiger charge is -2.11. The SMILES string of the molecule is CNCc1ccc(F)cc1S(=O)(=O)NCCn1cccn1. The molecule has 8 heteroatoms. The van der Waals surface area contributed by atoms with Crippen molar-refractivity contribution in [1.29, 1.82) is 0 Å². The van der Waals surface area contributed by atoms with Gasteiger partial charge in [-0.15, -0.1) is 0 Å². The molecule has 0 amide bonds. The van der Waals surface area contributed by atoms with E-state index in [1.165, 1.54) is 12.1 Å². The fourth-order valence-corrected chi connectivity index (χ4v) is 3.19. The number of nitrogens with zero attached hydrogens (tertiary/aromatic N) is 2. The Morgan fingerprint density at radius 3 is 2.86 bits per heavy atom. The predicted octanol–water partition coefficient (Wildman–Crippen LogP) is 0.720. The second-order valence-corrected chi connectivity index (χ2v) is 6.18. The highest BCUT2D eigenvalue weighted by molar-refractivity contribution is 7.89. The molecule has 0 saturated carbocycles. The molecule has 0 aliphatic rings. The van der Waals surface area contributed by atoms with Crippen LogP contribution in [0.3, 0.4) is 0 Å². The van der Waals surface area contributed by atoms with Crippen LogP contribution < -0.4 is 10.0 Å².